The number of ether oxygens (including phenoxy) is 1. The Kier molecular flexibility index (Phi) is 5.28. The number of rotatable bonds is 5. The molecule has 0 unspecified atom stereocenters. The molecule has 0 spiro atoms. The summed E-state index contributed by atoms with van der Waals surface area (Å²) in [5.74, 6) is 0.868. The second-order valence-corrected chi connectivity index (χ2v) is 6.40. The Morgan fingerprint density at radius 3 is 1.81 bits per heavy atom. The number of phenols is 2. The van der Waals surface area contributed by atoms with E-state index >= 15 is 0 Å². The number of hydrogen-bond donors (Lipinski definition) is 2. The van der Waals surface area contributed by atoms with E-state index in [-0.39, 0.29) is 11.5 Å². The Bertz CT molecular complexity index is 903. The molecule has 3 rings (SSSR count). The third kappa shape index (κ3) is 4.25. The van der Waals surface area contributed by atoms with Gasteiger partial charge in [-0.1, -0.05) is 48.0 Å². The molecular weight excluding hydrogens is 324 g/mol. The van der Waals surface area contributed by atoms with E-state index in [1.807, 2.05) is 62.4 Å². The van der Waals surface area contributed by atoms with Crippen LogP contribution in [0.4, 0.5) is 0 Å². The number of benzene rings is 3. The predicted molar refractivity (Wildman–Crippen MR) is 106 cm³/mol. The van der Waals surface area contributed by atoms with Crippen LogP contribution >= 0.6 is 0 Å². The van der Waals surface area contributed by atoms with Crippen LogP contribution in [0.25, 0.3) is 22.3 Å². The molecule has 2 N–H and O–H groups in total. The first-order valence-corrected chi connectivity index (χ1v) is 8.52. The zero-order valence-electron chi connectivity index (χ0n) is 14.9. The van der Waals surface area contributed by atoms with E-state index in [1.54, 1.807) is 24.3 Å². The molecular formula is C23H22O3. The molecule has 0 amide bonds. The van der Waals surface area contributed by atoms with Gasteiger partial charge in [0.25, 0.3) is 0 Å². The van der Waals surface area contributed by atoms with Crippen molar-refractivity contribution in [2.45, 2.75) is 13.8 Å². The molecule has 0 atom stereocenters. The summed E-state index contributed by atoms with van der Waals surface area (Å²) in [6.07, 6.45) is 1.97. The van der Waals surface area contributed by atoms with Crippen molar-refractivity contribution < 1.29 is 14.9 Å². The SMILES string of the molecule is CC(C)=CCOc1ccc(-c2ccc(-c3ccc(O)cc3)cc2)cc1O. The number of aromatic hydroxyl groups is 2. The summed E-state index contributed by atoms with van der Waals surface area (Å²) in [6, 6.07) is 20.6. The third-order valence-electron chi connectivity index (χ3n) is 4.11. The Morgan fingerprint density at radius 2 is 1.27 bits per heavy atom. The highest BCUT2D eigenvalue weighted by molar-refractivity contribution is 5.72. The monoisotopic (exact) mass is 346 g/mol. The van der Waals surface area contributed by atoms with Crippen molar-refractivity contribution >= 4 is 0 Å². The first-order chi connectivity index (χ1) is 12.5. The van der Waals surface area contributed by atoms with Gasteiger partial charge in [0.05, 0.1) is 0 Å². The minimum atomic E-state index is 0.132. The van der Waals surface area contributed by atoms with Crippen molar-refractivity contribution in [1.29, 1.82) is 0 Å². The molecule has 0 aliphatic carbocycles. The van der Waals surface area contributed by atoms with E-state index < -0.39 is 0 Å². The fraction of sp³-hybridized carbons (Fsp3) is 0.130. The van der Waals surface area contributed by atoms with Gasteiger partial charge in [-0.05, 0) is 66.4 Å². The molecule has 0 saturated heterocycles. The van der Waals surface area contributed by atoms with E-state index in [1.165, 1.54) is 5.57 Å². The highest BCUT2D eigenvalue weighted by atomic mass is 16.5. The maximum atomic E-state index is 10.2. The van der Waals surface area contributed by atoms with Gasteiger partial charge < -0.3 is 14.9 Å². The lowest BCUT2D eigenvalue weighted by Crippen LogP contribution is -1.94. The Labute approximate surface area is 153 Å². The van der Waals surface area contributed by atoms with Crippen LogP contribution in [0.2, 0.25) is 0 Å². The predicted octanol–water partition coefficient (Wildman–Crippen LogP) is 5.78. The summed E-state index contributed by atoms with van der Waals surface area (Å²) >= 11 is 0. The van der Waals surface area contributed by atoms with Gasteiger partial charge in [-0.2, -0.15) is 0 Å². The summed E-state index contributed by atoms with van der Waals surface area (Å²) in [5.41, 5.74) is 5.22. The third-order valence-corrected chi connectivity index (χ3v) is 4.11. The zero-order chi connectivity index (χ0) is 18.5. The molecule has 0 aromatic heterocycles. The molecule has 3 nitrogen and oxygen atoms in total. The average molecular weight is 346 g/mol. The highest BCUT2D eigenvalue weighted by Crippen LogP contribution is 2.32. The van der Waals surface area contributed by atoms with Crippen LogP contribution in [0, 0.1) is 0 Å². The fourth-order valence-electron chi connectivity index (χ4n) is 2.63. The van der Waals surface area contributed by atoms with Crippen molar-refractivity contribution in [3.8, 4) is 39.5 Å². The molecule has 0 aliphatic rings. The van der Waals surface area contributed by atoms with Gasteiger partial charge in [-0.15, -0.1) is 0 Å². The smallest absolute Gasteiger partial charge is 0.161 e. The molecule has 3 heteroatoms. The summed E-state index contributed by atoms with van der Waals surface area (Å²) in [5, 5.41) is 19.6. The molecule has 0 saturated carbocycles. The minimum Gasteiger partial charge on any atom is -0.508 e. The van der Waals surface area contributed by atoms with Gasteiger partial charge in [-0.25, -0.2) is 0 Å². The lowest BCUT2D eigenvalue weighted by atomic mass is 10.00. The van der Waals surface area contributed by atoms with Crippen molar-refractivity contribution in [3.05, 3.63) is 78.4 Å². The largest absolute Gasteiger partial charge is 0.508 e. The first kappa shape index (κ1) is 17.6. The van der Waals surface area contributed by atoms with E-state index in [0.29, 0.717) is 12.4 Å². The summed E-state index contributed by atoms with van der Waals surface area (Å²) in [7, 11) is 0. The van der Waals surface area contributed by atoms with Crippen molar-refractivity contribution in [2.24, 2.45) is 0 Å². The highest BCUT2D eigenvalue weighted by Gasteiger charge is 2.06. The van der Waals surface area contributed by atoms with Gasteiger partial charge in [0.15, 0.2) is 11.5 Å². The van der Waals surface area contributed by atoms with Crippen LogP contribution in [0.1, 0.15) is 13.8 Å². The van der Waals surface area contributed by atoms with Crippen LogP contribution in [-0.2, 0) is 0 Å². The normalized spacial score (nSPS) is 10.4. The van der Waals surface area contributed by atoms with Gasteiger partial charge in [-0.3, -0.25) is 0 Å². The molecule has 0 fully saturated rings. The molecule has 3 aromatic carbocycles. The number of phenolic OH excluding ortho intramolecular Hbond substituents is 2. The van der Waals surface area contributed by atoms with Gasteiger partial charge >= 0.3 is 0 Å². The van der Waals surface area contributed by atoms with E-state index in [0.717, 1.165) is 22.3 Å². The molecule has 0 aliphatic heterocycles. The quantitative estimate of drug-likeness (QED) is 0.576. The first-order valence-electron chi connectivity index (χ1n) is 8.52. The molecule has 0 bridgehead atoms. The van der Waals surface area contributed by atoms with E-state index in [2.05, 4.69) is 0 Å². The molecule has 0 radical (unpaired) electrons. The van der Waals surface area contributed by atoms with Gasteiger partial charge in [0.2, 0.25) is 0 Å². The minimum absolute atomic E-state index is 0.132. The van der Waals surface area contributed by atoms with Gasteiger partial charge in [0, 0.05) is 0 Å². The Hall–Kier alpha value is -3.20. The molecule has 3 aromatic rings. The summed E-state index contributed by atoms with van der Waals surface area (Å²) < 4.78 is 5.58. The fourth-order valence-corrected chi connectivity index (χ4v) is 2.63. The lowest BCUT2D eigenvalue weighted by Gasteiger charge is -2.09. The topological polar surface area (TPSA) is 49.7 Å². The number of allylic oxidation sites excluding steroid dienone is 1. The maximum absolute atomic E-state index is 10.2. The number of hydrogen-bond acceptors (Lipinski definition) is 3. The second kappa shape index (κ2) is 7.79. The molecule has 132 valence electrons. The van der Waals surface area contributed by atoms with Crippen molar-refractivity contribution in [1.82, 2.24) is 0 Å². The molecule has 0 heterocycles. The average Bonchev–Trinajstić information content (AvgIpc) is 2.63. The summed E-state index contributed by atoms with van der Waals surface area (Å²) in [4.78, 5) is 0. The van der Waals surface area contributed by atoms with E-state index in [4.69, 9.17) is 4.74 Å². The van der Waals surface area contributed by atoms with Crippen LogP contribution in [0.5, 0.6) is 17.2 Å². The van der Waals surface area contributed by atoms with Crippen LogP contribution in [-0.4, -0.2) is 16.8 Å². The Balaban J connectivity index is 1.77. The standard InChI is InChI=1S/C23H22O3/c1-16(2)13-14-26-23-12-9-20(15-22(23)25)19-5-3-17(4-6-19)18-7-10-21(24)11-8-18/h3-13,15,24-25H,14H2,1-2H3. The van der Waals surface area contributed by atoms with Crippen LogP contribution in [0.3, 0.4) is 0 Å². The maximum Gasteiger partial charge on any atom is 0.161 e. The zero-order valence-corrected chi connectivity index (χ0v) is 14.9. The Morgan fingerprint density at radius 1 is 0.769 bits per heavy atom. The van der Waals surface area contributed by atoms with Crippen LogP contribution < -0.4 is 4.74 Å². The summed E-state index contributed by atoms with van der Waals surface area (Å²) in [6.45, 7) is 4.46. The van der Waals surface area contributed by atoms with Gasteiger partial charge in [0.1, 0.15) is 12.4 Å². The van der Waals surface area contributed by atoms with Crippen LogP contribution in [0.15, 0.2) is 78.4 Å². The molecule has 26 heavy (non-hydrogen) atoms. The van der Waals surface area contributed by atoms with E-state index in [9.17, 15) is 10.2 Å². The van der Waals surface area contributed by atoms with Crippen molar-refractivity contribution in [3.63, 3.8) is 0 Å². The second-order valence-electron chi connectivity index (χ2n) is 6.40. The lowest BCUT2D eigenvalue weighted by molar-refractivity contribution is 0.335. The van der Waals surface area contributed by atoms with Crippen molar-refractivity contribution in [2.75, 3.05) is 6.61 Å².